The number of carbonyl (C=O) groups excluding carboxylic acids is 1. The number of hydrogen-bond donors (Lipinski definition) is 1. The quantitative estimate of drug-likeness (QED) is 0.770. The number of halogens is 1. The van der Waals surface area contributed by atoms with E-state index in [-0.39, 0.29) is 6.03 Å². The fourth-order valence-corrected chi connectivity index (χ4v) is 3.14. The van der Waals surface area contributed by atoms with Crippen LogP contribution < -0.4 is 19.7 Å². The van der Waals surface area contributed by atoms with Crippen LogP contribution in [0, 0.1) is 0 Å². The van der Waals surface area contributed by atoms with Crippen molar-refractivity contribution in [3.8, 4) is 11.5 Å². The molecule has 2 aromatic carbocycles. The maximum absolute atomic E-state index is 12.3. The summed E-state index contributed by atoms with van der Waals surface area (Å²) in [7, 11) is 1.63. The number of amides is 2. The van der Waals surface area contributed by atoms with Crippen molar-refractivity contribution in [1.29, 1.82) is 0 Å². The van der Waals surface area contributed by atoms with E-state index in [1.807, 2.05) is 53.4 Å². The van der Waals surface area contributed by atoms with Crippen LogP contribution in [0.3, 0.4) is 0 Å². The molecule has 2 amide bonds. The molecule has 0 aromatic heterocycles. The predicted octanol–water partition coefficient (Wildman–Crippen LogP) is 3.26. The van der Waals surface area contributed by atoms with Crippen molar-refractivity contribution in [2.45, 2.75) is 0 Å². The molecule has 1 fully saturated rings. The minimum Gasteiger partial charge on any atom is -0.497 e. The van der Waals surface area contributed by atoms with Gasteiger partial charge in [0.25, 0.3) is 0 Å². The second-order valence-electron chi connectivity index (χ2n) is 6.21. The normalized spacial score (nSPS) is 14.0. The van der Waals surface area contributed by atoms with Gasteiger partial charge in [-0.25, -0.2) is 4.79 Å². The van der Waals surface area contributed by atoms with Gasteiger partial charge in [-0.1, -0.05) is 17.7 Å². The third kappa shape index (κ3) is 5.44. The number of nitrogens with zero attached hydrogens (tertiary/aromatic N) is 2. The summed E-state index contributed by atoms with van der Waals surface area (Å²) in [5.74, 6) is 1.53. The number of hydrogen-bond acceptors (Lipinski definition) is 4. The second-order valence-corrected chi connectivity index (χ2v) is 6.65. The lowest BCUT2D eigenvalue weighted by Crippen LogP contribution is -2.52. The van der Waals surface area contributed by atoms with Crippen LogP contribution in [-0.4, -0.2) is 57.4 Å². The zero-order valence-corrected chi connectivity index (χ0v) is 16.1. The highest BCUT2D eigenvalue weighted by molar-refractivity contribution is 6.30. The Labute approximate surface area is 164 Å². The Bertz CT molecular complexity index is 746. The van der Waals surface area contributed by atoms with E-state index in [2.05, 4.69) is 10.2 Å². The summed E-state index contributed by atoms with van der Waals surface area (Å²) in [6.07, 6.45) is 0. The molecule has 0 aliphatic carbocycles. The summed E-state index contributed by atoms with van der Waals surface area (Å²) in [5, 5.41) is 3.63. The van der Waals surface area contributed by atoms with Gasteiger partial charge >= 0.3 is 6.03 Å². The second kappa shape index (κ2) is 9.37. The molecule has 2 aromatic rings. The van der Waals surface area contributed by atoms with Gasteiger partial charge in [0.05, 0.1) is 13.7 Å². The average Bonchev–Trinajstić information content (AvgIpc) is 2.71. The third-order valence-electron chi connectivity index (χ3n) is 4.45. The molecule has 1 saturated heterocycles. The number of benzene rings is 2. The van der Waals surface area contributed by atoms with Gasteiger partial charge < -0.3 is 24.6 Å². The molecule has 3 rings (SSSR count). The lowest BCUT2D eigenvalue weighted by molar-refractivity contribution is 0.191. The molecule has 0 radical (unpaired) electrons. The molecule has 7 heteroatoms. The summed E-state index contributed by atoms with van der Waals surface area (Å²) >= 11 is 6.05. The predicted molar refractivity (Wildman–Crippen MR) is 107 cm³/mol. The van der Waals surface area contributed by atoms with Crippen LogP contribution in [0.5, 0.6) is 11.5 Å². The largest absolute Gasteiger partial charge is 0.497 e. The molecule has 1 N–H and O–H groups in total. The van der Waals surface area contributed by atoms with Crippen molar-refractivity contribution in [2.24, 2.45) is 0 Å². The lowest BCUT2D eigenvalue weighted by Gasteiger charge is -2.36. The van der Waals surface area contributed by atoms with Crippen LogP contribution >= 0.6 is 11.6 Å². The first-order valence-electron chi connectivity index (χ1n) is 8.96. The lowest BCUT2D eigenvalue weighted by atomic mass is 10.2. The summed E-state index contributed by atoms with van der Waals surface area (Å²) in [6, 6.07) is 15.1. The summed E-state index contributed by atoms with van der Waals surface area (Å²) < 4.78 is 10.7. The maximum Gasteiger partial charge on any atom is 0.317 e. The first-order chi connectivity index (χ1) is 13.2. The molecule has 1 heterocycles. The van der Waals surface area contributed by atoms with E-state index >= 15 is 0 Å². The monoisotopic (exact) mass is 389 g/mol. The molecule has 1 aliphatic heterocycles. The molecule has 0 atom stereocenters. The highest BCUT2D eigenvalue weighted by atomic mass is 35.5. The molecule has 144 valence electrons. The Hall–Kier alpha value is -2.60. The topological polar surface area (TPSA) is 54.0 Å². The van der Waals surface area contributed by atoms with Crippen molar-refractivity contribution < 1.29 is 14.3 Å². The highest BCUT2D eigenvalue weighted by Gasteiger charge is 2.21. The Morgan fingerprint density at radius 2 is 1.78 bits per heavy atom. The molecule has 6 nitrogen and oxygen atoms in total. The fraction of sp³-hybridized carbons (Fsp3) is 0.350. The molecule has 0 unspecified atom stereocenters. The van der Waals surface area contributed by atoms with Crippen LogP contribution in [0.4, 0.5) is 10.5 Å². The summed E-state index contributed by atoms with van der Waals surface area (Å²) in [5.41, 5.74) is 1.09. The van der Waals surface area contributed by atoms with Gasteiger partial charge in [0.2, 0.25) is 0 Å². The first kappa shape index (κ1) is 19.2. The number of ether oxygens (including phenoxy) is 2. The van der Waals surface area contributed by atoms with Gasteiger partial charge in [-0.3, -0.25) is 0 Å². The highest BCUT2D eigenvalue weighted by Crippen LogP contribution is 2.21. The number of nitrogens with one attached hydrogen (secondary N) is 1. The third-order valence-corrected chi connectivity index (χ3v) is 4.68. The summed E-state index contributed by atoms with van der Waals surface area (Å²) in [4.78, 5) is 16.4. The number of methoxy groups -OCH3 is 1. The molecular formula is C20H24ClN3O3. The minimum absolute atomic E-state index is 0.0564. The minimum atomic E-state index is -0.0564. The van der Waals surface area contributed by atoms with Crippen LogP contribution in [0.1, 0.15) is 0 Å². The smallest absolute Gasteiger partial charge is 0.317 e. The molecular weight excluding hydrogens is 366 g/mol. The Balaban J connectivity index is 1.36. The van der Waals surface area contributed by atoms with E-state index in [0.717, 1.165) is 35.3 Å². The van der Waals surface area contributed by atoms with E-state index in [9.17, 15) is 4.79 Å². The summed E-state index contributed by atoms with van der Waals surface area (Å²) in [6.45, 7) is 3.81. The van der Waals surface area contributed by atoms with Gasteiger partial charge in [-0.05, 0) is 42.5 Å². The SMILES string of the molecule is COc1ccc(OCCNC(=O)N2CCN(c3cccc(Cl)c3)CC2)cc1. The van der Waals surface area contributed by atoms with Gasteiger partial charge in [0, 0.05) is 36.9 Å². The zero-order valence-electron chi connectivity index (χ0n) is 15.4. The average molecular weight is 390 g/mol. The Kier molecular flexibility index (Phi) is 6.65. The molecule has 0 saturated carbocycles. The van der Waals surface area contributed by atoms with Gasteiger partial charge in [-0.2, -0.15) is 0 Å². The Morgan fingerprint density at radius 3 is 2.44 bits per heavy atom. The van der Waals surface area contributed by atoms with E-state index in [0.29, 0.717) is 26.2 Å². The number of urea groups is 1. The van der Waals surface area contributed by atoms with Crippen LogP contribution in [0.15, 0.2) is 48.5 Å². The van der Waals surface area contributed by atoms with Crippen molar-refractivity contribution >= 4 is 23.3 Å². The standard InChI is InChI=1S/C20H24ClN3O3/c1-26-18-5-7-19(8-6-18)27-14-9-22-20(25)24-12-10-23(11-13-24)17-4-2-3-16(21)15-17/h2-8,15H,9-14H2,1H3,(H,22,25). The number of rotatable bonds is 6. The van der Waals surface area contributed by atoms with Crippen molar-refractivity contribution in [3.63, 3.8) is 0 Å². The van der Waals surface area contributed by atoms with Crippen LogP contribution in [0.25, 0.3) is 0 Å². The number of carbonyl (C=O) groups is 1. The van der Waals surface area contributed by atoms with Gasteiger partial charge in [-0.15, -0.1) is 0 Å². The molecule has 1 aliphatic rings. The van der Waals surface area contributed by atoms with Gasteiger partial charge in [0.1, 0.15) is 18.1 Å². The first-order valence-corrected chi connectivity index (χ1v) is 9.33. The van der Waals surface area contributed by atoms with Crippen molar-refractivity contribution in [2.75, 3.05) is 51.3 Å². The molecule has 27 heavy (non-hydrogen) atoms. The van der Waals surface area contributed by atoms with E-state index < -0.39 is 0 Å². The number of anilines is 1. The van der Waals surface area contributed by atoms with E-state index in [4.69, 9.17) is 21.1 Å². The Morgan fingerprint density at radius 1 is 1.07 bits per heavy atom. The van der Waals surface area contributed by atoms with Crippen molar-refractivity contribution in [3.05, 3.63) is 53.6 Å². The van der Waals surface area contributed by atoms with Crippen LogP contribution in [-0.2, 0) is 0 Å². The number of piperazine rings is 1. The van der Waals surface area contributed by atoms with Crippen molar-refractivity contribution in [1.82, 2.24) is 10.2 Å². The van der Waals surface area contributed by atoms with E-state index in [1.54, 1.807) is 7.11 Å². The fourth-order valence-electron chi connectivity index (χ4n) is 2.95. The molecule has 0 bridgehead atoms. The molecule has 0 spiro atoms. The van der Waals surface area contributed by atoms with E-state index in [1.165, 1.54) is 0 Å². The van der Waals surface area contributed by atoms with Gasteiger partial charge in [0.15, 0.2) is 0 Å². The maximum atomic E-state index is 12.3. The van der Waals surface area contributed by atoms with Crippen LogP contribution in [0.2, 0.25) is 5.02 Å². The zero-order chi connectivity index (χ0) is 19.1.